The van der Waals surface area contributed by atoms with Crippen molar-refractivity contribution in [3.63, 3.8) is 0 Å². The average Bonchev–Trinajstić information content (AvgIpc) is 2.87. The van der Waals surface area contributed by atoms with Crippen molar-refractivity contribution in [2.24, 2.45) is 5.92 Å². The Morgan fingerprint density at radius 1 is 1.45 bits per heavy atom. The Kier molecular flexibility index (Phi) is 5.46. The monoisotopic (exact) mass is 312 g/mol. The lowest BCUT2D eigenvalue weighted by Crippen LogP contribution is -2.28. The molecule has 5 heteroatoms. The molecule has 20 heavy (non-hydrogen) atoms. The van der Waals surface area contributed by atoms with Crippen molar-refractivity contribution in [3.8, 4) is 0 Å². The normalized spacial score (nSPS) is 18.9. The van der Waals surface area contributed by atoms with Gasteiger partial charge in [0.1, 0.15) is 0 Å². The summed E-state index contributed by atoms with van der Waals surface area (Å²) in [6.07, 6.45) is 4.29. The van der Waals surface area contributed by atoms with E-state index in [0.29, 0.717) is 21.5 Å². The highest BCUT2D eigenvalue weighted by Crippen LogP contribution is 2.25. The van der Waals surface area contributed by atoms with Crippen LogP contribution in [0.1, 0.15) is 12.0 Å². The van der Waals surface area contributed by atoms with Crippen LogP contribution in [0, 0.1) is 5.92 Å². The predicted octanol–water partition coefficient (Wildman–Crippen LogP) is 3.07. The van der Waals surface area contributed by atoms with Crippen molar-refractivity contribution in [2.45, 2.75) is 6.42 Å². The zero-order valence-corrected chi connectivity index (χ0v) is 12.9. The molecule has 0 saturated carbocycles. The summed E-state index contributed by atoms with van der Waals surface area (Å²) in [4.78, 5) is 14.0. The molecule has 3 nitrogen and oxygen atoms in total. The van der Waals surface area contributed by atoms with Crippen LogP contribution in [-0.4, -0.2) is 37.5 Å². The van der Waals surface area contributed by atoms with E-state index in [4.69, 9.17) is 23.2 Å². The van der Waals surface area contributed by atoms with Crippen LogP contribution >= 0.6 is 23.2 Å². The van der Waals surface area contributed by atoms with Gasteiger partial charge in [-0.3, -0.25) is 4.79 Å². The molecule has 1 heterocycles. The Labute approximate surface area is 129 Å². The summed E-state index contributed by atoms with van der Waals surface area (Å²) in [7, 11) is 1.93. The predicted molar refractivity (Wildman–Crippen MR) is 84.1 cm³/mol. The lowest BCUT2D eigenvalue weighted by molar-refractivity contribution is -0.125. The fraction of sp³-hybridized carbons (Fsp3) is 0.400. The molecule has 0 radical (unpaired) electrons. The number of carbonyl (C=O) groups excluding carboxylic acids is 1. The summed E-state index contributed by atoms with van der Waals surface area (Å²) in [5.74, 6) is 0.556. The Bertz CT molecular complexity index is 496. The van der Waals surface area contributed by atoms with E-state index in [1.165, 1.54) is 0 Å². The molecular weight excluding hydrogens is 295 g/mol. The van der Waals surface area contributed by atoms with Crippen LogP contribution in [0.2, 0.25) is 10.0 Å². The second-order valence-electron chi connectivity index (χ2n) is 4.97. The molecule has 1 unspecified atom stereocenters. The Morgan fingerprint density at radius 3 is 2.80 bits per heavy atom. The van der Waals surface area contributed by atoms with Crippen molar-refractivity contribution in [1.82, 2.24) is 10.2 Å². The largest absolute Gasteiger partial charge is 0.339 e. The number of likely N-dealkylation sites (tertiary alicyclic amines) is 1. The minimum atomic E-state index is 0.0135. The molecule has 0 bridgehead atoms. The van der Waals surface area contributed by atoms with Crippen LogP contribution in [0.4, 0.5) is 0 Å². The molecular formula is C15H18Cl2N2O. The van der Waals surface area contributed by atoms with Crippen LogP contribution in [0.25, 0.3) is 6.08 Å². The van der Waals surface area contributed by atoms with Crippen molar-refractivity contribution in [3.05, 3.63) is 39.9 Å². The molecule has 1 aromatic rings. The van der Waals surface area contributed by atoms with Gasteiger partial charge in [0.15, 0.2) is 0 Å². The van der Waals surface area contributed by atoms with Crippen LogP contribution in [-0.2, 0) is 4.79 Å². The van der Waals surface area contributed by atoms with E-state index in [1.807, 2.05) is 11.9 Å². The molecule has 1 N–H and O–H groups in total. The second-order valence-corrected chi connectivity index (χ2v) is 5.78. The first kappa shape index (κ1) is 15.4. The van der Waals surface area contributed by atoms with E-state index in [1.54, 1.807) is 30.4 Å². The summed E-state index contributed by atoms with van der Waals surface area (Å²) in [6.45, 7) is 2.57. The number of hydrogen-bond donors (Lipinski definition) is 1. The van der Waals surface area contributed by atoms with Gasteiger partial charge in [0.05, 0.1) is 0 Å². The van der Waals surface area contributed by atoms with Crippen molar-refractivity contribution < 1.29 is 4.79 Å². The van der Waals surface area contributed by atoms with E-state index in [0.717, 1.165) is 26.1 Å². The fourth-order valence-electron chi connectivity index (χ4n) is 2.42. The number of nitrogens with zero attached hydrogens (tertiary/aromatic N) is 1. The number of benzene rings is 1. The van der Waals surface area contributed by atoms with Crippen LogP contribution < -0.4 is 5.32 Å². The van der Waals surface area contributed by atoms with E-state index < -0.39 is 0 Å². The molecule has 2 rings (SSSR count). The summed E-state index contributed by atoms with van der Waals surface area (Å²) in [6, 6.07) is 5.30. The van der Waals surface area contributed by atoms with Gasteiger partial charge in [-0.15, -0.1) is 0 Å². The van der Waals surface area contributed by atoms with Crippen molar-refractivity contribution >= 4 is 35.2 Å². The maximum Gasteiger partial charge on any atom is 0.246 e. The van der Waals surface area contributed by atoms with E-state index >= 15 is 0 Å². The third-order valence-corrected chi connectivity index (χ3v) is 4.14. The third-order valence-electron chi connectivity index (χ3n) is 3.48. The standard InChI is InChI=1S/C15H18Cl2N2O/c1-18-9-11-7-8-19(10-11)15(20)6-5-12-13(16)3-2-4-14(12)17/h2-6,11,18H,7-10H2,1H3. The zero-order valence-electron chi connectivity index (χ0n) is 11.4. The summed E-state index contributed by atoms with van der Waals surface area (Å²) >= 11 is 12.1. The number of amides is 1. The SMILES string of the molecule is CNCC1CCN(C(=O)C=Cc2c(Cl)cccc2Cl)C1. The molecule has 1 fully saturated rings. The minimum Gasteiger partial charge on any atom is -0.339 e. The molecule has 0 aromatic heterocycles. The van der Waals surface area contributed by atoms with E-state index in [9.17, 15) is 4.79 Å². The summed E-state index contributed by atoms with van der Waals surface area (Å²) in [5.41, 5.74) is 0.690. The zero-order chi connectivity index (χ0) is 14.5. The van der Waals surface area contributed by atoms with E-state index in [-0.39, 0.29) is 5.91 Å². The van der Waals surface area contributed by atoms with Gasteiger partial charge in [0.25, 0.3) is 0 Å². The number of carbonyl (C=O) groups is 1. The molecule has 1 atom stereocenters. The van der Waals surface area contributed by atoms with Gasteiger partial charge in [-0.05, 0) is 44.1 Å². The average molecular weight is 313 g/mol. The van der Waals surface area contributed by atoms with Gasteiger partial charge < -0.3 is 10.2 Å². The van der Waals surface area contributed by atoms with Gasteiger partial charge in [0.2, 0.25) is 5.91 Å². The molecule has 1 aromatic carbocycles. The Hall–Kier alpha value is -1.03. The highest BCUT2D eigenvalue weighted by molar-refractivity contribution is 6.37. The second kappa shape index (κ2) is 7.11. The van der Waals surface area contributed by atoms with Gasteiger partial charge in [-0.25, -0.2) is 0 Å². The Morgan fingerprint density at radius 2 is 2.15 bits per heavy atom. The molecule has 0 spiro atoms. The topological polar surface area (TPSA) is 32.3 Å². The van der Waals surface area contributed by atoms with Crippen LogP contribution in [0.5, 0.6) is 0 Å². The smallest absolute Gasteiger partial charge is 0.246 e. The Balaban J connectivity index is 2.00. The third kappa shape index (κ3) is 3.75. The first-order valence-corrected chi connectivity index (χ1v) is 7.43. The quantitative estimate of drug-likeness (QED) is 0.867. The summed E-state index contributed by atoms with van der Waals surface area (Å²) < 4.78 is 0. The number of halogens is 2. The lowest BCUT2D eigenvalue weighted by Gasteiger charge is -2.14. The van der Waals surface area contributed by atoms with Gasteiger partial charge in [0, 0.05) is 34.8 Å². The van der Waals surface area contributed by atoms with Gasteiger partial charge in [-0.2, -0.15) is 0 Å². The minimum absolute atomic E-state index is 0.0135. The number of nitrogens with one attached hydrogen (secondary N) is 1. The maximum absolute atomic E-state index is 12.1. The van der Waals surface area contributed by atoms with Crippen LogP contribution in [0.3, 0.4) is 0 Å². The molecule has 0 aliphatic carbocycles. The number of hydrogen-bond acceptors (Lipinski definition) is 2. The van der Waals surface area contributed by atoms with Crippen molar-refractivity contribution in [2.75, 3.05) is 26.7 Å². The molecule has 108 valence electrons. The number of rotatable bonds is 4. The molecule has 1 aliphatic rings. The summed E-state index contributed by atoms with van der Waals surface area (Å²) in [5, 5.41) is 4.25. The first-order chi connectivity index (χ1) is 9.61. The maximum atomic E-state index is 12.1. The van der Waals surface area contributed by atoms with Gasteiger partial charge >= 0.3 is 0 Å². The fourth-order valence-corrected chi connectivity index (χ4v) is 2.94. The highest BCUT2D eigenvalue weighted by atomic mass is 35.5. The van der Waals surface area contributed by atoms with Crippen LogP contribution in [0.15, 0.2) is 24.3 Å². The molecule has 1 aliphatic heterocycles. The highest BCUT2D eigenvalue weighted by Gasteiger charge is 2.24. The molecule has 1 saturated heterocycles. The lowest BCUT2D eigenvalue weighted by atomic mass is 10.1. The molecule has 1 amide bonds. The van der Waals surface area contributed by atoms with Gasteiger partial charge in [-0.1, -0.05) is 29.3 Å². The first-order valence-electron chi connectivity index (χ1n) is 6.67. The van der Waals surface area contributed by atoms with Crippen molar-refractivity contribution in [1.29, 1.82) is 0 Å². The van der Waals surface area contributed by atoms with E-state index in [2.05, 4.69) is 5.32 Å².